The van der Waals surface area contributed by atoms with Crippen LogP contribution in [0.1, 0.15) is 54.6 Å². The molecule has 0 aliphatic carbocycles. The van der Waals surface area contributed by atoms with Crippen LogP contribution in [-0.4, -0.2) is 39.2 Å². The largest absolute Gasteiger partial charge is 0.494 e. The Kier molecular flexibility index (Phi) is 6.90. The number of aryl methyl sites for hydroxylation is 2. The van der Waals surface area contributed by atoms with Gasteiger partial charge in [-0.1, -0.05) is 12.1 Å². The fourth-order valence-corrected chi connectivity index (χ4v) is 6.08. The van der Waals surface area contributed by atoms with Gasteiger partial charge in [-0.3, -0.25) is 9.59 Å². The molecule has 1 aliphatic heterocycles. The number of thioether (sulfide) groups is 1. The monoisotopic (exact) mass is 471 g/mol. The summed E-state index contributed by atoms with van der Waals surface area (Å²) in [6, 6.07) is 8.18. The zero-order valence-corrected chi connectivity index (χ0v) is 20.6. The Morgan fingerprint density at radius 2 is 2.09 bits per heavy atom. The molecule has 1 aromatic carbocycles. The van der Waals surface area contributed by atoms with Crippen molar-refractivity contribution in [2.24, 2.45) is 0 Å². The molecule has 3 aromatic rings. The van der Waals surface area contributed by atoms with Crippen LogP contribution in [-0.2, 0) is 10.5 Å². The van der Waals surface area contributed by atoms with Crippen LogP contribution in [0.5, 0.6) is 5.75 Å². The van der Waals surface area contributed by atoms with Crippen molar-refractivity contribution in [3.05, 3.63) is 56.4 Å². The number of ether oxygens (including phenoxy) is 1. The van der Waals surface area contributed by atoms with Gasteiger partial charge < -0.3 is 14.6 Å². The van der Waals surface area contributed by atoms with E-state index in [1.165, 1.54) is 11.8 Å². The van der Waals surface area contributed by atoms with Crippen LogP contribution in [0.15, 0.2) is 29.1 Å². The van der Waals surface area contributed by atoms with Crippen LogP contribution >= 0.6 is 23.1 Å². The van der Waals surface area contributed by atoms with Gasteiger partial charge in [0, 0.05) is 11.4 Å². The summed E-state index contributed by atoms with van der Waals surface area (Å²) < 4.78 is 5.54. The number of fused-ring (bicyclic) bond motifs is 1. The minimum absolute atomic E-state index is 0.0958. The van der Waals surface area contributed by atoms with Gasteiger partial charge in [0.2, 0.25) is 5.91 Å². The number of aromatic nitrogens is 2. The number of H-pyrrole nitrogens is 1. The van der Waals surface area contributed by atoms with Crippen molar-refractivity contribution in [3.63, 3.8) is 0 Å². The number of carbonyl (C=O) groups excluding carboxylic acids is 1. The summed E-state index contributed by atoms with van der Waals surface area (Å²) >= 11 is 3.07. The van der Waals surface area contributed by atoms with Gasteiger partial charge in [-0.2, -0.15) is 0 Å². The van der Waals surface area contributed by atoms with Gasteiger partial charge in [-0.15, -0.1) is 23.1 Å². The van der Waals surface area contributed by atoms with Gasteiger partial charge in [0.05, 0.1) is 29.0 Å². The number of benzene rings is 1. The lowest BCUT2D eigenvalue weighted by Crippen LogP contribution is -2.36. The van der Waals surface area contributed by atoms with E-state index in [0.29, 0.717) is 23.6 Å². The summed E-state index contributed by atoms with van der Waals surface area (Å²) in [5.41, 5.74) is 2.05. The number of nitrogens with one attached hydrogen (secondary N) is 1. The van der Waals surface area contributed by atoms with E-state index < -0.39 is 0 Å². The molecule has 1 amide bonds. The van der Waals surface area contributed by atoms with Crippen molar-refractivity contribution >= 4 is 39.2 Å². The van der Waals surface area contributed by atoms with E-state index in [2.05, 4.69) is 22.1 Å². The second-order valence-corrected chi connectivity index (χ2v) is 10.7. The molecule has 8 heteroatoms. The minimum Gasteiger partial charge on any atom is -0.494 e. The highest BCUT2D eigenvalue weighted by Crippen LogP contribution is 2.35. The number of carbonyl (C=O) groups is 1. The smallest absolute Gasteiger partial charge is 0.259 e. The van der Waals surface area contributed by atoms with E-state index in [-0.39, 0.29) is 22.8 Å². The number of nitrogens with zero attached hydrogens (tertiary/aromatic N) is 2. The topological polar surface area (TPSA) is 75.3 Å². The zero-order valence-electron chi connectivity index (χ0n) is 18.9. The third kappa shape index (κ3) is 4.57. The number of aromatic amines is 1. The predicted octanol–water partition coefficient (Wildman–Crippen LogP) is 4.99. The van der Waals surface area contributed by atoms with E-state index in [1.54, 1.807) is 11.3 Å². The molecule has 2 aromatic heterocycles. The maximum absolute atomic E-state index is 13.2. The second-order valence-electron chi connectivity index (χ2n) is 8.12. The second kappa shape index (κ2) is 9.67. The van der Waals surface area contributed by atoms with E-state index in [1.807, 2.05) is 44.7 Å². The van der Waals surface area contributed by atoms with Gasteiger partial charge in [0.1, 0.15) is 16.4 Å². The molecule has 0 saturated carbocycles. The SMILES string of the molecule is CCOc1ccc(C2CCCN2C(=O)C(C)SCc2nc3sc(C)c(C)c3c(=O)[nH]2)cc1. The van der Waals surface area contributed by atoms with Crippen LogP contribution in [0.3, 0.4) is 0 Å². The highest BCUT2D eigenvalue weighted by Gasteiger charge is 2.32. The van der Waals surface area contributed by atoms with Crippen LogP contribution in [0.25, 0.3) is 10.2 Å². The summed E-state index contributed by atoms with van der Waals surface area (Å²) in [5, 5.41) is 0.465. The first kappa shape index (κ1) is 22.9. The summed E-state index contributed by atoms with van der Waals surface area (Å²) in [6.07, 6.45) is 1.98. The molecule has 1 N–H and O–H groups in total. The zero-order chi connectivity index (χ0) is 22.8. The van der Waals surface area contributed by atoms with Gasteiger partial charge in [-0.05, 0) is 63.8 Å². The maximum atomic E-state index is 13.2. The van der Waals surface area contributed by atoms with Gasteiger partial charge >= 0.3 is 0 Å². The molecule has 4 rings (SSSR count). The molecule has 1 aliphatic rings. The summed E-state index contributed by atoms with van der Waals surface area (Å²) in [5.74, 6) is 2.11. The first-order valence-corrected chi connectivity index (χ1v) is 12.9. The number of amides is 1. The minimum atomic E-state index is -0.217. The molecule has 2 unspecified atom stereocenters. The summed E-state index contributed by atoms with van der Waals surface area (Å²) in [7, 11) is 0. The van der Waals surface area contributed by atoms with E-state index in [9.17, 15) is 9.59 Å². The first-order chi connectivity index (χ1) is 15.4. The van der Waals surface area contributed by atoms with E-state index >= 15 is 0 Å². The van der Waals surface area contributed by atoms with Crippen molar-refractivity contribution in [1.82, 2.24) is 14.9 Å². The lowest BCUT2D eigenvalue weighted by Gasteiger charge is -2.27. The third-order valence-electron chi connectivity index (χ3n) is 6.02. The Hall–Kier alpha value is -2.32. The number of thiophene rings is 1. The standard InChI is InChI=1S/C24H29N3O3S2/c1-5-30-18-10-8-17(9-11-18)19-7-6-12-27(19)24(29)16(4)31-13-20-25-22(28)21-14(2)15(3)32-23(21)26-20/h8-11,16,19H,5-7,12-13H2,1-4H3,(H,25,26,28). The highest BCUT2D eigenvalue weighted by molar-refractivity contribution is 7.99. The molecule has 1 fully saturated rings. The number of hydrogen-bond acceptors (Lipinski definition) is 6. The fourth-order valence-electron chi connectivity index (χ4n) is 4.21. The third-order valence-corrected chi connectivity index (χ3v) is 8.26. The Bertz CT molecular complexity index is 1170. The van der Waals surface area contributed by atoms with Crippen LogP contribution in [0.2, 0.25) is 0 Å². The predicted molar refractivity (Wildman–Crippen MR) is 132 cm³/mol. The average molecular weight is 472 g/mol. The van der Waals surface area contributed by atoms with Crippen molar-refractivity contribution < 1.29 is 9.53 Å². The van der Waals surface area contributed by atoms with Crippen LogP contribution in [0, 0.1) is 13.8 Å². The van der Waals surface area contributed by atoms with Crippen LogP contribution in [0.4, 0.5) is 0 Å². The number of hydrogen-bond donors (Lipinski definition) is 1. The first-order valence-electron chi connectivity index (χ1n) is 11.0. The van der Waals surface area contributed by atoms with Gasteiger partial charge in [0.15, 0.2) is 0 Å². The number of rotatable bonds is 7. The lowest BCUT2D eigenvalue weighted by atomic mass is 10.0. The maximum Gasteiger partial charge on any atom is 0.259 e. The summed E-state index contributed by atoms with van der Waals surface area (Å²) in [4.78, 5) is 37.2. The molecule has 2 atom stereocenters. The molecule has 0 spiro atoms. The Labute approximate surface area is 196 Å². The number of likely N-dealkylation sites (tertiary alicyclic amines) is 1. The average Bonchev–Trinajstić information content (AvgIpc) is 3.37. The quantitative estimate of drug-likeness (QED) is 0.526. The molecule has 1 saturated heterocycles. The van der Waals surface area contributed by atoms with Crippen molar-refractivity contribution in [2.45, 2.75) is 57.6 Å². The fraction of sp³-hybridized carbons (Fsp3) is 0.458. The Morgan fingerprint density at radius 3 is 2.81 bits per heavy atom. The van der Waals surface area contributed by atoms with Crippen molar-refractivity contribution in [1.29, 1.82) is 0 Å². The van der Waals surface area contributed by atoms with Crippen molar-refractivity contribution in [2.75, 3.05) is 13.2 Å². The normalized spacial score (nSPS) is 17.1. The molecular formula is C24H29N3O3S2. The summed E-state index contributed by atoms with van der Waals surface area (Å²) in [6.45, 7) is 9.29. The lowest BCUT2D eigenvalue weighted by molar-refractivity contribution is -0.131. The molecule has 32 heavy (non-hydrogen) atoms. The highest BCUT2D eigenvalue weighted by atomic mass is 32.2. The molecule has 0 bridgehead atoms. The molecule has 3 heterocycles. The Balaban J connectivity index is 1.43. The van der Waals surface area contributed by atoms with Gasteiger partial charge in [0.25, 0.3) is 5.56 Å². The molecule has 170 valence electrons. The molecular weight excluding hydrogens is 442 g/mol. The molecule has 6 nitrogen and oxygen atoms in total. The van der Waals surface area contributed by atoms with Gasteiger partial charge in [-0.25, -0.2) is 4.98 Å². The Morgan fingerprint density at radius 1 is 1.34 bits per heavy atom. The van der Waals surface area contributed by atoms with E-state index in [4.69, 9.17) is 4.74 Å². The van der Waals surface area contributed by atoms with Crippen LogP contribution < -0.4 is 10.3 Å². The van der Waals surface area contributed by atoms with Crippen molar-refractivity contribution in [3.8, 4) is 5.75 Å². The molecule has 0 radical (unpaired) electrons. The van der Waals surface area contributed by atoms with E-state index in [0.717, 1.165) is 46.0 Å².